The number of thiophene rings is 1. The first-order valence-electron chi connectivity index (χ1n) is 6.45. The first-order chi connectivity index (χ1) is 10.5. The van der Waals surface area contributed by atoms with Crippen molar-refractivity contribution in [2.75, 3.05) is 11.9 Å². The van der Waals surface area contributed by atoms with Crippen LogP contribution >= 0.6 is 45.9 Å². The second kappa shape index (κ2) is 8.08. The van der Waals surface area contributed by atoms with Gasteiger partial charge in [0, 0.05) is 10.9 Å². The molecule has 2 rings (SSSR count). The van der Waals surface area contributed by atoms with Crippen molar-refractivity contribution >= 4 is 56.9 Å². The van der Waals surface area contributed by atoms with Crippen LogP contribution in [0.5, 0.6) is 0 Å². The number of rotatable bonds is 7. The van der Waals surface area contributed by atoms with Crippen molar-refractivity contribution in [3.05, 3.63) is 32.8 Å². The van der Waals surface area contributed by atoms with Crippen molar-refractivity contribution in [1.82, 2.24) is 4.98 Å². The number of nitrogens with zero attached hydrogens (tertiary/aromatic N) is 1. The highest BCUT2D eigenvalue weighted by atomic mass is 35.5. The lowest BCUT2D eigenvalue weighted by Crippen LogP contribution is -2.27. The molecule has 0 saturated carbocycles. The lowest BCUT2D eigenvalue weighted by Gasteiger charge is -2.11. The number of nitrogens with one attached hydrogen (secondary N) is 1. The van der Waals surface area contributed by atoms with Gasteiger partial charge in [-0.05, 0) is 19.4 Å². The Balaban J connectivity index is 1.98. The van der Waals surface area contributed by atoms with Gasteiger partial charge < -0.3 is 4.74 Å². The first kappa shape index (κ1) is 17.4. The standard InChI is InChI=1S/C14H14Cl2N2O2S2/c1-3-4-5-20-8(2)13(19)18-14-17-10(7-21-14)9-6-11(15)22-12(9)16/h3,6-8H,1,4-5H2,2H3,(H,17,18,19). The molecule has 0 aliphatic heterocycles. The Bertz CT molecular complexity index is 670. The van der Waals surface area contributed by atoms with Crippen molar-refractivity contribution in [2.24, 2.45) is 0 Å². The summed E-state index contributed by atoms with van der Waals surface area (Å²) in [4.78, 5) is 16.3. The molecule has 2 heterocycles. The number of ether oxygens (including phenoxy) is 1. The third-order valence-electron chi connectivity index (χ3n) is 2.73. The van der Waals surface area contributed by atoms with E-state index < -0.39 is 6.10 Å². The summed E-state index contributed by atoms with van der Waals surface area (Å²) < 4.78 is 6.56. The van der Waals surface area contributed by atoms with Crippen molar-refractivity contribution in [3.8, 4) is 11.3 Å². The molecule has 0 fully saturated rings. The lowest BCUT2D eigenvalue weighted by molar-refractivity contribution is -0.126. The van der Waals surface area contributed by atoms with Crippen molar-refractivity contribution < 1.29 is 9.53 Å². The van der Waals surface area contributed by atoms with Crippen molar-refractivity contribution in [2.45, 2.75) is 19.4 Å². The van der Waals surface area contributed by atoms with Gasteiger partial charge in [-0.25, -0.2) is 4.98 Å². The van der Waals surface area contributed by atoms with Crippen molar-refractivity contribution in [3.63, 3.8) is 0 Å². The largest absolute Gasteiger partial charge is 0.368 e. The summed E-state index contributed by atoms with van der Waals surface area (Å²) in [6.07, 6.45) is 1.90. The Kier molecular flexibility index (Phi) is 6.40. The van der Waals surface area contributed by atoms with Gasteiger partial charge >= 0.3 is 0 Å². The van der Waals surface area contributed by atoms with Crippen LogP contribution in [-0.4, -0.2) is 23.6 Å². The predicted molar refractivity (Wildman–Crippen MR) is 94.3 cm³/mol. The molecule has 118 valence electrons. The van der Waals surface area contributed by atoms with Crippen LogP contribution in [0.1, 0.15) is 13.3 Å². The second-order valence-electron chi connectivity index (χ2n) is 4.36. The van der Waals surface area contributed by atoms with E-state index >= 15 is 0 Å². The molecule has 1 unspecified atom stereocenters. The number of thiazole rings is 1. The molecule has 1 N–H and O–H groups in total. The maximum atomic E-state index is 12.0. The Morgan fingerprint density at radius 2 is 2.36 bits per heavy atom. The highest BCUT2D eigenvalue weighted by Gasteiger charge is 2.16. The predicted octanol–water partition coefficient (Wildman–Crippen LogP) is 5.10. The Morgan fingerprint density at radius 1 is 1.59 bits per heavy atom. The number of carbonyl (C=O) groups excluding carboxylic acids is 1. The topological polar surface area (TPSA) is 51.2 Å². The normalized spacial score (nSPS) is 12.1. The van der Waals surface area contributed by atoms with E-state index in [-0.39, 0.29) is 5.91 Å². The van der Waals surface area contributed by atoms with Gasteiger partial charge in [-0.15, -0.1) is 29.3 Å². The van der Waals surface area contributed by atoms with E-state index in [1.807, 2.05) is 5.38 Å². The summed E-state index contributed by atoms with van der Waals surface area (Å²) in [5.41, 5.74) is 1.46. The SMILES string of the molecule is C=CCCOC(C)C(=O)Nc1nc(-c2cc(Cl)sc2Cl)cs1. The van der Waals surface area contributed by atoms with Crippen LogP contribution in [0.15, 0.2) is 24.1 Å². The lowest BCUT2D eigenvalue weighted by atomic mass is 10.3. The minimum Gasteiger partial charge on any atom is -0.368 e. The number of halogens is 2. The minimum atomic E-state index is -0.550. The van der Waals surface area contributed by atoms with Crippen LogP contribution in [0.2, 0.25) is 8.67 Å². The maximum absolute atomic E-state index is 12.0. The van der Waals surface area contributed by atoms with Gasteiger partial charge in [0.1, 0.15) is 10.4 Å². The van der Waals surface area contributed by atoms with Crippen LogP contribution in [0.4, 0.5) is 5.13 Å². The number of amides is 1. The summed E-state index contributed by atoms with van der Waals surface area (Å²) in [5.74, 6) is -0.237. The van der Waals surface area contributed by atoms with Crippen LogP contribution in [0.25, 0.3) is 11.3 Å². The second-order valence-corrected chi connectivity index (χ2v) is 7.50. The highest BCUT2D eigenvalue weighted by Crippen LogP contribution is 2.38. The molecule has 8 heteroatoms. The molecule has 2 aromatic heterocycles. The van der Waals surface area contributed by atoms with E-state index in [1.54, 1.807) is 19.1 Å². The summed E-state index contributed by atoms with van der Waals surface area (Å²) in [7, 11) is 0. The smallest absolute Gasteiger partial charge is 0.254 e. The van der Waals surface area contributed by atoms with E-state index in [9.17, 15) is 4.79 Å². The fraction of sp³-hybridized carbons (Fsp3) is 0.286. The molecule has 22 heavy (non-hydrogen) atoms. The van der Waals surface area contributed by atoms with Gasteiger partial charge in [0.25, 0.3) is 5.91 Å². The van der Waals surface area contributed by atoms with E-state index in [0.717, 1.165) is 5.56 Å². The number of anilines is 1. The summed E-state index contributed by atoms with van der Waals surface area (Å²) in [6.45, 7) is 5.76. The zero-order valence-corrected chi connectivity index (χ0v) is 14.9. The highest BCUT2D eigenvalue weighted by molar-refractivity contribution is 7.20. The van der Waals surface area contributed by atoms with Crippen molar-refractivity contribution in [1.29, 1.82) is 0 Å². The molecule has 0 spiro atoms. The number of hydrogen-bond donors (Lipinski definition) is 1. The Morgan fingerprint density at radius 3 is 3.00 bits per heavy atom. The number of carbonyl (C=O) groups is 1. The molecule has 0 radical (unpaired) electrons. The molecule has 0 aliphatic rings. The summed E-state index contributed by atoms with van der Waals surface area (Å²) >= 11 is 14.6. The van der Waals surface area contributed by atoms with E-state index in [4.69, 9.17) is 27.9 Å². The summed E-state index contributed by atoms with van der Waals surface area (Å²) in [6, 6.07) is 1.76. The molecule has 1 amide bonds. The van der Waals surface area contributed by atoms with Gasteiger partial charge in [-0.1, -0.05) is 29.3 Å². The van der Waals surface area contributed by atoms with Gasteiger partial charge in [0.05, 0.1) is 16.6 Å². The summed E-state index contributed by atoms with van der Waals surface area (Å²) in [5, 5.41) is 5.05. The van der Waals surface area contributed by atoms with E-state index in [2.05, 4.69) is 16.9 Å². The van der Waals surface area contributed by atoms with E-state index in [1.165, 1.54) is 22.7 Å². The van der Waals surface area contributed by atoms with Gasteiger partial charge in [-0.2, -0.15) is 0 Å². The molecule has 1 atom stereocenters. The quantitative estimate of drug-likeness (QED) is 0.540. The zero-order chi connectivity index (χ0) is 16.1. The van der Waals surface area contributed by atoms with Gasteiger partial charge in [0.2, 0.25) is 0 Å². The van der Waals surface area contributed by atoms with E-state index in [0.29, 0.717) is 32.5 Å². The molecular weight excluding hydrogens is 363 g/mol. The molecule has 4 nitrogen and oxygen atoms in total. The third kappa shape index (κ3) is 4.54. The molecule has 0 aromatic carbocycles. The fourth-order valence-corrected chi connectivity index (χ4v) is 3.78. The molecular formula is C14H14Cl2N2O2S2. The molecule has 2 aromatic rings. The Hall–Kier alpha value is -0.920. The van der Waals surface area contributed by atoms with Crippen LogP contribution in [0.3, 0.4) is 0 Å². The third-order valence-corrected chi connectivity index (χ3v) is 4.97. The molecule has 0 aliphatic carbocycles. The molecule has 0 saturated heterocycles. The Labute approximate surface area is 146 Å². The van der Waals surface area contributed by atoms with Crippen LogP contribution in [-0.2, 0) is 9.53 Å². The maximum Gasteiger partial charge on any atom is 0.254 e. The van der Waals surface area contributed by atoms with Crippen LogP contribution in [0, 0.1) is 0 Å². The zero-order valence-electron chi connectivity index (χ0n) is 11.8. The first-order valence-corrected chi connectivity index (χ1v) is 8.90. The molecule has 0 bridgehead atoms. The van der Waals surface area contributed by atoms with Gasteiger partial charge in [0.15, 0.2) is 5.13 Å². The number of hydrogen-bond acceptors (Lipinski definition) is 5. The number of aromatic nitrogens is 1. The fourth-order valence-electron chi connectivity index (χ4n) is 1.58. The minimum absolute atomic E-state index is 0.237. The average molecular weight is 377 g/mol. The average Bonchev–Trinajstić information content (AvgIpc) is 3.05. The monoisotopic (exact) mass is 376 g/mol. The van der Waals surface area contributed by atoms with Gasteiger partial charge in [-0.3, -0.25) is 10.1 Å². The van der Waals surface area contributed by atoms with Crippen LogP contribution < -0.4 is 5.32 Å².